The molecule has 6 rings (SSSR count). The number of halogens is 1. The second-order valence-electron chi connectivity index (χ2n) is 8.52. The maximum Gasteiger partial charge on any atom is 0.284 e. The molecule has 2 aliphatic rings. The molecule has 34 heavy (non-hydrogen) atoms. The molecule has 1 unspecified atom stereocenters. The minimum Gasteiger partial charge on any atom is -0.374 e. The van der Waals surface area contributed by atoms with Gasteiger partial charge in [-0.1, -0.05) is 29.8 Å². The van der Waals surface area contributed by atoms with E-state index in [9.17, 15) is 9.90 Å². The molecular weight excluding hydrogens is 456 g/mol. The Morgan fingerprint density at radius 1 is 1.18 bits per heavy atom. The summed E-state index contributed by atoms with van der Waals surface area (Å²) < 4.78 is 3.16. The Morgan fingerprint density at radius 3 is 2.82 bits per heavy atom. The fraction of sp³-hybridized carbons (Fsp3) is 0.304. The summed E-state index contributed by atoms with van der Waals surface area (Å²) in [7, 11) is 0. The lowest BCUT2D eigenvalue weighted by Gasteiger charge is -2.32. The van der Waals surface area contributed by atoms with E-state index in [0.29, 0.717) is 52.9 Å². The zero-order valence-electron chi connectivity index (χ0n) is 18.2. The molecule has 5 heterocycles. The van der Waals surface area contributed by atoms with Crippen molar-refractivity contribution in [3.8, 4) is 5.69 Å². The highest BCUT2D eigenvalue weighted by Crippen LogP contribution is 2.39. The summed E-state index contributed by atoms with van der Waals surface area (Å²) >= 11 is 6.34. The summed E-state index contributed by atoms with van der Waals surface area (Å²) in [5.41, 5.74) is 8.21. The van der Waals surface area contributed by atoms with E-state index in [1.165, 1.54) is 4.52 Å². The third kappa shape index (κ3) is 3.25. The second-order valence-corrected chi connectivity index (χ2v) is 8.92. The minimum atomic E-state index is -0.893. The maximum atomic E-state index is 13.7. The van der Waals surface area contributed by atoms with Gasteiger partial charge in [0.2, 0.25) is 5.95 Å². The van der Waals surface area contributed by atoms with Crippen LogP contribution < -0.4 is 21.5 Å². The second kappa shape index (κ2) is 8.08. The number of aliphatic hydroxyl groups is 1. The van der Waals surface area contributed by atoms with Gasteiger partial charge in [-0.25, -0.2) is 9.50 Å². The summed E-state index contributed by atoms with van der Waals surface area (Å²) in [5.74, 6) is 1.30. The monoisotopic (exact) mass is 478 g/mol. The molecule has 1 fully saturated rings. The number of fused-ring (bicyclic) bond motifs is 2. The highest BCUT2D eigenvalue weighted by molar-refractivity contribution is 6.33. The number of hydrogen-bond donors (Lipinski definition) is 3. The molecule has 2 aliphatic heterocycles. The van der Waals surface area contributed by atoms with Crippen molar-refractivity contribution >= 4 is 28.9 Å². The molecule has 0 bridgehead atoms. The molecule has 1 aromatic carbocycles. The number of anilines is 2. The van der Waals surface area contributed by atoms with Gasteiger partial charge in [-0.3, -0.25) is 14.7 Å². The predicted molar refractivity (Wildman–Crippen MR) is 128 cm³/mol. The van der Waals surface area contributed by atoms with E-state index >= 15 is 0 Å². The van der Waals surface area contributed by atoms with Crippen molar-refractivity contribution in [2.24, 2.45) is 0 Å². The van der Waals surface area contributed by atoms with Gasteiger partial charge < -0.3 is 15.7 Å². The normalized spacial score (nSPS) is 20.1. The molecule has 4 aromatic rings. The summed E-state index contributed by atoms with van der Waals surface area (Å²) in [6.07, 6.45) is 3.06. The molecule has 3 aromatic heterocycles. The van der Waals surface area contributed by atoms with Crippen molar-refractivity contribution in [3.63, 3.8) is 0 Å². The van der Waals surface area contributed by atoms with Gasteiger partial charge in [0.15, 0.2) is 5.82 Å². The molecular formula is C23H23ClN8O2. The molecule has 4 N–H and O–H groups in total. The van der Waals surface area contributed by atoms with Gasteiger partial charge in [0.1, 0.15) is 17.6 Å². The quantitative estimate of drug-likeness (QED) is 0.408. The zero-order valence-corrected chi connectivity index (χ0v) is 19.0. The van der Waals surface area contributed by atoms with Crippen LogP contribution in [0.1, 0.15) is 42.2 Å². The number of aliphatic hydroxyl groups excluding tert-OH is 1. The third-order valence-electron chi connectivity index (χ3n) is 6.49. The smallest absolute Gasteiger partial charge is 0.284 e. The Kier molecular flexibility index (Phi) is 5.01. The number of rotatable bonds is 3. The Balaban J connectivity index is 1.57. The van der Waals surface area contributed by atoms with E-state index in [-0.39, 0.29) is 17.5 Å². The Bertz CT molecular complexity index is 1450. The molecule has 2 atom stereocenters. The van der Waals surface area contributed by atoms with Crippen LogP contribution >= 0.6 is 11.6 Å². The first kappa shape index (κ1) is 21.1. The van der Waals surface area contributed by atoms with Crippen LogP contribution in [0.25, 0.3) is 11.2 Å². The van der Waals surface area contributed by atoms with Crippen LogP contribution in [0.4, 0.5) is 11.8 Å². The number of nitrogens with one attached hydrogen (secondary N) is 1. The summed E-state index contributed by atoms with van der Waals surface area (Å²) in [4.78, 5) is 24.7. The van der Waals surface area contributed by atoms with E-state index in [2.05, 4.69) is 20.2 Å². The van der Waals surface area contributed by atoms with Gasteiger partial charge in [0.25, 0.3) is 5.56 Å². The topological polar surface area (TPSA) is 127 Å². The van der Waals surface area contributed by atoms with Crippen molar-refractivity contribution in [1.29, 1.82) is 0 Å². The third-order valence-corrected chi connectivity index (χ3v) is 6.80. The molecule has 0 amide bonds. The highest BCUT2D eigenvalue weighted by atomic mass is 35.5. The molecule has 11 heteroatoms. The molecule has 0 aliphatic carbocycles. The summed E-state index contributed by atoms with van der Waals surface area (Å²) in [5, 5.41) is 19.0. The first-order valence-corrected chi connectivity index (χ1v) is 11.6. The van der Waals surface area contributed by atoms with Crippen LogP contribution in [0, 0.1) is 0 Å². The number of nitrogens with zero attached hydrogens (tertiary/aromatic N) is 6. The minimum absolute atomic E-state index is 0.162. The average Bonchev–Trinajstić information content (AvgIpc) is 3.46. The molecule has 0 radical (unpaired) electrons. The zero-order chi connectivity index (χ0) is 23.4. The lowest BCUT2D eigenvalue weighted by molar-refractivity contribution is 0.131. The number of hydrogen-bond acceptors (Lipinski definition) is 8. The van der Waals surface area contributed by atoms with E-state index in [4.69, 9.17) is 22.4 Å². The number of nitrogens with two attached hydrogens (primary N) is 1. The van der Waals surface area contributed by atoms with Gasteiger partial charge in [0, 0.05) is 25.7 Å². The van der Waals surface area contributed by atoms with Crippen molar-refractivity contribution in [3.05, 3.63) is 75.1 Å². The van der Waals surface area contributed by atoms with Crippen molar-refractivity contribution < 1.29 is 5.11 Å². The van der Waals surface area contributed by atoms with Crippen LogP contribution in [-0.2, 0) is 6.42 Å². The van der Waals surface area contributed by atoms with Crippen LogP contribution in [-0.4, -0.2) is 42.3 Å². The first-order valence-electron chi connectivity index (χ1n) is 11.2. The van der Waals surface area contributed by atoms with Gasteiger partial charge in [-0.05, 0) is 31.0 Å². The van der Waals surface area contributed by atoms with Gasteiger partial charge >= 0.3 is 0 Å². The van der Waals surface area contributed by atoms with Crippen LogP contribution in [0.3, 0.4) is 0 Å². The lowest BCUT2D eigenvalue weighted by atomic mass is 10.0. The summed E-state index contributed by atoms with van der Waals surface area (Å²) in [6.45, 7) is 1.28. The van der Waals surface area contributed by atoms with E-state index in [1.54, 1.807) is 16.8 Å². The Hall–Kier alpha value is -3.47. The van der Waals surface area contributed by atoms with Crippen molar-refractivity contribution in [1.82, 2.24) is 29.5 Å². The highest BCUT2D eigenvalue weighted by Gasteiger charge is 2.36. The largest absolute Gasteiger partial charge is 0.374 e. The number of para-hydroxylation sites is 1. The standard InChI is InChI=1S/C23H23ClN8O2/c24-14-9-12-31-18(14)22(34)32(13-5-2-1-3-6-13)19(29-31)16-7-4-11-30(16)20-17-15(27-23(25)28-20)8-10-26-21(17)33/h1-3,5-6,9,12,16,21,26,33H,4,7-8,10-11H2,(H2,25,27,28)/t16-,21?/m0/s1. The molecule has 174 valence electrons. The SMILES string of the molecule is Nc1nc2c(c(N3CCC[C@H]3c3nn4ccc(Cl)c4c(=O)n3-c3ccccc3)n1)C(O)NCC2. The number of aromatic nitrogens is 5. The van der Waals surface area contributed by atoms with Gasteiger partial charge in [-0.2, -0.15) is 10.1 Å². The lowest BCUT2D eigenvalue weighted by Crippen LogP contribution is -2.37. The van der Waals surface area contributed by atoms with Crippen molar-refractivity contribution in [2.75, 3.05) is 23.7 Å². The first-order chi connectivity index (χ1) is 16.5. The fourth-order valence-electron chi connectivity index (χ4n) is 5.02. The molecule has 0 saturated carbocycles. The number of benzene rings is 1. The van der Waals surface area contributed by atoms with Crippen LogP contribution in [0.2, 0.25) is 5.02 Å². The molecule has 1 saturated heterocycles. The summed E-state index contributed by atoms with van der Waals surface area (Å²) in [6, 6.07) is 10.8. The van der Waals surface area contributed by atoms with E-state index in [1.807, 2.05) is 30.3 Å². The Morgan fingerprint density at radius 2 is 2.00 bits per heavy atom. The van der Waals surface area contributed by atoms with Crippen LogP contribution in [0.5, 0.6) is 0 Å². The molecule has 0 spiro atoms. The van der Waals surface area contributed by atoms with Gasteiger partial charge in [0.05, 0.1) is 28.0 Å². The van der Waals surface area contributed by atoms with E-state index in [0.717, 1.165) is 18.5 Å². The van der Waals surface area contributed by atoms with E-state index < -0.39 is 6.23 Å². The average molecular weight is 479 g/mol. The molecule has 10 nitrogen and oxygen atoms in total. The van der Waals surface area contributed by atoms with Crippen LogP contribution in [0.15, 0.2) is 47.4 Å². The Labute approximate surface area is 199 Å². The fourth-order valence-corrected chi connectivity index (χ4v) is 5.24. The maximum absolute atomic E-state index is 13.7. The van der Waals surface area contributed by atoms with Gasteiger partial charge in [-0.15, -0.1) is 0 Å². The number of nitrogen functional groups attached to an aromatic ring is 1. The van der Waals surface area contributed by atoms with Crippen molar-refractivity contribution in [2.45, 2.75) is 31.5 Å². The predicted octanol–water partition coefficient (Wildman–Crippen LogP) is 1.99.